The van der Waals surface area contributed by atoms with Crippen LogP contribution in [-0.4, -0.2) is 83.3 Å². The number of unbranched alkanes of at least 4 members (excludes halogenated alkanes) is 1. The fraction of sp³-hybridized carbons (Fsp3) is 0.508. The number of Topliss-reactive ketones (excluding diaryl/α,β-unsaturated/α-hetero) is 3. The van der Waals surface area contributed by atoms with Gasteiger partial charge in [-0.1, -0.05) is 142 Å². The molecular weight excluding hydrogens is 893 g/mol. The summed E-state index contributed by atoms with van der Waals surface area (Å²) < 4.78 is 0. The first-order chi connectivity index (χ1) is 33.3. The Labute approximate surface area is 422 Å². The van der Waals surface area contributed by atoms with Crippen LogP contribution in [0.4, 0.5) is 5.69 Å². The first-order valence-corrected chi connectivity index (χ1v) is 25.1. The van der Waals surface area contributed by atoms with E-state index in [1.807, 2.05) is 135 Å². The number of likely N-dealkylation sites (N-methyl/N-ethyl adjacent to an activating group) is 2. The van der Waals surface area contributed by atoms with E-state index in [1.54, 1.807) is 32.0 Å². The van der Waals surface area contributed by atoms with Gasteiger partial charge < -0.3 is 25.5 Å². The zero-order chi connectivity index (χ0) is 53.0. The van der Waals surface area contributed by atoms with Gasteiger partial charge in [-0.2, -0.15) is 0 Å². The van der Waals surface area contributed by atoms with Gasteiger partial charge >= 0.3 is 5.97 Å². The SMILES string of the molecule is CNC(C(=O)N[C@H](C(=O)N(C)[C@H](/C=C(\C)C(=O)O)C(C)C)C(C)(C)C)C(C)(C)c1cccc(CC(=O)[C@H](C)CC(=O)[C@@H](CC(=O)CCCCC(=O)N2Cc3ccccc3C#Cc3ccccc32)C(C)C)c1. The molecule has 0 fully saturated rings. The Kier molecular flexibility index (Phi) is 20.4. The summed E-state index contributed by atoms with van der Waals surface area (Å²) in [6.45, 7) is 20.7. The average molecular weight is 971 g/mol. The molecule has 0 aliphatic carbocycles. The van der Waals surface area contributed by atoms with Crippen LogP contribution in [0.5, 0.6) is 0 Å². The fourth-order valence-corrected chi connectivity index (χ4v) is 9.32. The number of aliphatic carboxylic acids is 1. The number of amides is 3. The summed E-state index contributed by atoms with van der Waals surface area (Å²) in [6.07, 6.45) is 3.30. The highest BCUT2D eigenvalue weighted by atomic mass is 16.4. The van der Waals surface area contributed by atoms with E-state index in [-0.39, 0.29) is 78.7 Å². The van der Waals surface area contributed by atoms with Gasteiger partial charge in [0.1, 0.15) is 23.4 Å². The second-order valence-electron chi connectivity index (χ2n) is 21.7. The first kappa shape index (κ1) is 57.4. The second-order valence-corrected chi connectivity index (χ2v) is 21.7. The van der Waals surface area contributed by atoms with E-state index in [4.69, 9.17) is 0 Å². The molecule has 382 valence electrons. The Hall–Kier alpha value is -6.19. The number of carboxylic acid groups (broad SMARTS) is 1. The summed E-state index contributed by atoms with van der Waals surface area (Å²) in [6, 6.07) is 20.7. The molecule has 1 aliphatic rings. The topological polar surface area (TPSA) is 170 Å². The Morgan fingerprint density at radius 1 is 0.775 bits per heavy atom. The van der Waals surface area contributed by atoms with Gasteiger partial charge in [-0.05, 0) is 79.0 Å². The van der Waals surface area contributed by atoms with Crippen molar-refractivity contribution in [3.63, 3.8) is 0 Å². The van der Waals surface area contributed by atoms with E-state index in [0.29, 0.717) is 19.4 Å². The number of nitrogens with one attached hydrogen (secondary N) is 2. The number of fused-ring (bicyclic) bond motifs is 2. The third-order valence-corrected chi connectivity index (χ3v) is 14.0. The maximum atomic E-state index is 14.2. The van der Waals surface area contributed by atoms with Crippen molar-refractivity contribution in [2.45, 2.75) is 151 Å². The Bertz CT molecular complexity index is 2520. The van der Waals surface area contributed by atoms with Gasteiger partial charge in [-0.25, -0.2) is 4.79 Å². The molecule has 5 atom stereocenters. The number of rotatable bonds is 24. The monoisotopic (exact) mass is 971 g/mol. The zero-order valence-electron chi connectivity index (χ0n) is 44.4. The molecule has 0 spiro atoms. The third-order valence-electron chi connectivity index (χ3n) is 14.0. The minimum atomic E-state index is -1.07. The van der Waals surface area contributed by atoms with Crippen molar-refractivity contribution in [3.05, 3.63) is 112 Å². The molecule has 0 radical (unpaired) electrons. The van der Waals surface area contributed by atoms with Crippen molar-refractivity contribution < 1.29 is 38.7 Å². The van der Waals surface area contributed by atoms with Crippen LogP contribution in [0.15, 0.2) is 84.4 Å². The van der Waals surface area contributed by atoms with Crippen LogP contribution in [0.2, 0.25) is 0 Å². The molecule has 0 saturated heterocycles. The third kappa shape index (κ3) is 15.4. The fourth-order valence-electron chi connectivity index (χ4n) is 9.32. The Morgan fingerprint density at radius 3 is 2.01 bits per heavy atom. The summed E-state index contributed by atoms with van der Waals surface area (Å²) in [5, 5.41) is 15.7. The molecule has 12 heteroatoms. The predicted molar refractivity (Wildman–Crippen MR) is 280 cm³/mol. The lowest BCUT2D eigenvalue weighted by Gasteiger charge is -2.40. The molecule has 1 unspecified atom stereocenters. The van der Waals surface area contributed by atoms with E-state index in [2.05, 4.69) is 22.5 Å². The van der Waals surface area contributed by atoms with E-state index in [9.17, 15) is 38.7 Å². The number of benzene rings is 3. The molecule has 0 saturated carbocycles. The van der Waals surface area contributed by atoms with Crippen LogP contribution in [0.3, 0.4) is 0 Å². The molecule has 1 aliphatic heterocycles. The summed E-state index contributed by atoms with van der Waals surface area (Å²) in [7, 11) is 3.31. The Morgan fingerprint density at radius 2 is 1.39 bits per heavy atom. The molecule has 0 aromatic heterocycles. The average Bonchev–Trinajstić information content (AvgIpc) is 3.30. The van der Waals surface area contributed by atoms with Crippen molar-refractivity contribution in [1.82, 2.24) is 15.5 Å². The van der Waals surface area contributed by atoms with Gasteiger partial charge in [0.15, 0.2) is 0 Å². The van der Waals surface area contributed by atoms with Crippen molar-refractivity contribution in [1.29, 1.82) is 0 Å². The lowest BCUT2D eigenvalue weighted by molar-refractivity contribution is -0.141. The molecule has 1 heterocycles. The molecular formula is C59H78N4O8. The number of ketones is 3. The molecule has 71 heavy (non-hydrogen) atoms. The van der Waals surface area contributed by atoms with Crippen LogP contribution in [0.1, 0.15) is 143 Å². The van der Waals surface area contributed by atoms with Crippen LogP contribution in [0.25, 0.3) is 0 Å². The smallest absolute Gasteiger partial charge is 0.331 e. The number of carbonyl (C=O) groups excluding carboxylic acids is 6. The zero-order valence-corrected chi connectivity index (χ0v) is 44.4. The lowest BCUT2D eigenvalue weighted by atomic mass is 9.76. The maximum absolute atomic E-state index is 14.2. The highest BCUT2D eigenvalue weighted by molar-refractivity contribution is 5.96. The summed E-state index contributed by atoms with van der Waals surface area (Å²) in [5.74, 6) is 3.01. The van der Waals surface area contributed by atoms with Crippen molar-refractivity contribution in [2.24, 2.45) is 29.1 Å². The molecule has 12 nitrogen and oxygen atoms in total. The van der Waals surface area contributed by atoms with Crippen LogP contribution in [-0.2, 0) is 51.9 Å². The van der Waals surface area contributed by atoms with Gasteiger partial charge in [0.25, 0.3) is 0 Å². The predicted octanol–water partition coefficient (Wildman–Crippen LogP) is 9.04. The lowest BCUT2D eigenvalue weighted by Crippen LogP contribution is -2.61. The second kappa shape index (κ2) is 25.3. The molecule has 3 aromatic carbocycles. The van der Waals surface area contributed by atoms with Crippen LogP contribution in [0, 0.1) is 40.9 Å². The number of anilines is 1. The van der Waals surface area contributed by atoms with E-state index >= 15 is 0 Å². The minimum absolute atomic E-state index is 0.0116. The van der Waals surface area contributed by atoms with Crippen molar-refractivity contribution in [2.75, 3.05) is 19.0 Å². The molecule has 4 rings (SSSR count). The highest BCUT2D eigenvalue weighted by Crippen LogP contribution is 2.32. The highest BCUT2D eigenvalue weighted by Gasteiger charge is 2.42. The van der Waals surface area contributed by atoms with E-state index in [1.165, 1.54) is 11.8 Å². The number of para-hydroxylation sites is 1. The number of nitrogens with zero attached hydrogens (tertiary/aromatic N) is 2. The van der Waals surface area contributed by atoms with Gasteiger partial charge in [-0.15, -0.1) is 0 Å². The maximum Gasteiger partial charge on any atom is 0.331 e. The first-order valence-electron chi connectivity index (χ1n) is 25.1. The summed E-state index contributed by atoms with van der Waals surface area (Å²) >= 11 is 0. The summed E-state index contributed by atoms with van der Waals surface area (Å²) in [5.41, 5.74) is 3.54. The normalized spacial score (nSPS) is 14.9. The number of hydrogen-bond donors (Lipinski definition) is 3. The Balaban J connectivity index is 1.35. The van der Waals surface area contributed by atoms with Gasteiger partial charge in [-0.3, -0.25) is 28.8 Å². The number of carbonyl (C=O) groups is 7. The number of carboxylic acids is 1. The standard InChI is InChI=1S/C59H78N4O8/c1-37(2)47(35-46(64)26-17-19-28-52(67)63-36-44-24-15-14-22-42(44)29-30-43-23-16-18-27-48(43)63)51(66)32-39(5)50(65)34-41-21-20-25-45(33-41)59(10,11)53(60-12)55(68)61-54(58(7,8)9)56(69)62(13)49(38(3)4)31-40(6)57(70)71/h14-16,18,20-25,27,31,33,37-39,47,49,53-54,60H,17,19,26,28,32,34-36H2,1-13H3,(H,61,68)(H,70,71)/b40-31+/t39-,47+,49-,53?,54-/m1/s1. The summed E-state index contributed by atoms with van der Waals surface area (Å²) in [4.78, 5) is 97.9. The van der Waals surface area contributed by atoms with E-state index < -0.39 is 52.7 Å². The molecule has 3 amide bonds. The molecule has 0 bridgehead atoms. The van der Waals surface area contributed by atoms with Crippen LogP contribution < -0.4 is 15.5 Å². The van der Waals surface area contributed by atoms with Gasteiger partial charge in [0.2, 0.25) is 17.7 Å². The van der Waals surface area contributed by atoms with E-state index in [0.717, 1.165) is 33.5 Å². The largest absolute Gasteiger partial charge is 0.478 e. The van der Waals surface area contributed by atoms with Gasteiger partial charge in [0, 0.05) is 73.1 Å². The minimum Gasteiger partial charge on any atom is -0.478 e. The van der Waals surface area contributed by atoms with Crippen molar-refractivity contribution >= 4 is 46.7 Å². The molecule has 3 aromatic rings. The number of hydrogen-bond acceptors (Lipinski definition) is 8. The van der Waals surface area contributed by atoms with Gasteiger partial charge in [0.05, 0.1) is 24.3 Å². The quantitative estimate of drug-likeness (QED) is 0.0450. The van der Waals surface area contributed by atoms with Crippen LogP contribution >= 0.6 is 0 Å². The molecule has 3 N–H and O–H groups in total. The van der Waals surface area contributed by atoms with Crippen molar-refractivity contribution in [3.8, 4) is 11.8 Å².